The molecular formula is C29H42FN5O4. The quantitative estimate of drug-likeness (QED) is 0.487. The summed E-state index contributed by atoms with van der Waals surface area (Å²) in [6, 6.07) is 2.56. The Morgan fingerprint density at radius 1 is 1.05 bits per heavy atom. The van der Waals surface area contributed by atoms with E-state index in [1.54, 1.807) is 24.9 Å². The predicted molar refractivity (Wildman–Crippen MR) is 145 cm³/mol. The molecule has 3 amide bonds. The van der Waals surface area contributed by atoms with Crippen molar-refractivity contribution >= 4 is 17.7 Å². The van der Waals surface area contributed by atoms with Gasteiger partial charge in [-0.3, -0.25) is 19.3 Å². The molecule has 0 aromatic heterocycles. The Kier molecular flexibility index (Phi) is 8.71. The number of piperazine rings is 1. The number of carbonyl (C=O) groups excluding carboxylic acids is 3. The third-order valence-corrected chi connectivity index (χ3v) is 9.12. The molecule has 214 valence electrons. The van der Waals surface area contributed by atoms with Crippen molar-refractivity contribution < 1.29 is 23.5 Å². The molecule has 0 radical (unpaired) electrons. The van der Waals surface area contributed by atoms with Crippen molar-refractivity contribution in [2.24, 2.45) is 5.92 Å². The van der Waals surface area contributed by atoms with Crippen molar-refractivity contribution in [1.29, 1.82) is 0 Å². The monoisotopic (exact) mass is 543 g/mol. The fourth-order valence-electron chi connectivity index (χ4n) is 6.70. The van der Waals surface area contributed by atoms with Gasteiger partial charge in [0, 0.05) is 37.2 Å². The zero-order valence-electron chi connectivity index (χ0n) is 23.1. The maximum absolute atomic E-state index is 14.3. The van der Waals surface area contributed by atoms with Crippen LogP contribution in [0, 0.1) is 11.7 Å². The van der Waals surface area contributed by atoms with Crippen LogP contribution in [-0.4, -0.2) is 85.0 Å². The van der Waals surface area contributed by atoms with Crippen LogP contribution in [0.3, 0.4) is 0 Å². The number of rotatable bonds is 7. The van der Waals surface area contributed by atoms with Crippen molar-refractivity contribution in [3.63, 3.8) is 0 Å². The maximum atomic E-state index is 14.3. The molecule has 1 aromatic carbocycles. The Morgan fingerprint density at radius 3 is 2.62 bits per heavy atom. The van der Waals surface area contributed by atoms with E-state index in [1.807, 2.05) is 0 Å². The minimum atomic E-state index is -0.664. The molecule has 3 N–H and O–H groups in total. The highest BCUT2D eigenvalue weighted by atomic mass is 19.1. The van der Waals surface area contributed by atoms with Crippen LogP contribution in [0.4, 0.5) is 4.39 Å². The zero-order chi connectivity index (χ0) is 27.5. The molecule has 10 heteroatoms. The number of benzene rings is 1. The van der Waals surface area contributed by atoms with Crippen LogP contribution in [0.25, 0.3) is 0 Å². The third kappa shape index (κ3) is 6.06. The summed E-state index contributed by atoms with van der Waals surface area (Å²) in [6.07, 6.45) is 7.60. The Morgan fingerprint density at radius 2 is 1.85 bits per heavy atom. The van der Waals surface area contributed by atoms with Gasteiger partial charge in [-0.25, -0.2) is 4.39 Å². The second-order valence-electron chi connectivity index (χ2n) is 11.6. The van der Waals surface area contributed by atoms with Crippen LogP contribution in [0.5, 0.6) is 5.75 Å². The standard InChI is InChI=1S/C29H42FN5O4/c1-18(31-2)27(36)33-26(19-7-4-3-5-8-19)29(38)35-16-21-9-6-13-34(21)17-24(35)28(37)32-23-12-14-39-25-15-20(30)10-11-22(23)25/h10-11,15,18-19,21,23-24,26,31H,3-9,12-14,16-17H2,1-2H3,(H,32,37)(H,33,36)/t18-,21+,23+,24?,26-/m0/s1. The van der Waals surface area contributed by atoms with E-state index in [0.29, 0.717) is 31.9 Å². The molecule has 1 saturated carbocycles. The molecule has 39 heavy (non-hydrogen) atoms. The molecular weight excluding hydrogens is 501 g/mol. The summed E-state index contributed by atoms with van der Waals surface area (Å²) >= 11 is 0. The SMILES string of the molecule is CN[C@@H](C)C(=O)N[C@H](C(=O)N1C[C@H]2CCCN2CC1C(=O)N[C@@H]1CCOc2cc(F)ccc21)C1CCCCC1. The van der Waals surface area contributed by atoms with Gasteiger partial charge in [-0.05, 0) is 58.2 Å². The molecule has 1 aliphatic carbocycles. The molecule has 2 saturated heterocycles. The third-order valence-electron chi connectivity index (χ3n) is 9.12. The number of hydrogen-bond acceptors (Lipinski definition) is 6. The number of hydrogen-bond donors (Lipinski definition) is 3. The second kappa shape index (κ2) is 12.2. The first kappa shape index (κ1) is 27.8. The predicted octanol–water partition coefficient (Wildman–Crippen LogP) is 2.11. The van der Waals surface area contributed by atoms with Crippen LogP contribution < -0.4 is 20.7 Å². The van der Waals surface area contributed by atoms with E-state index in [9.17, 15) is 18.8 Å². The number of fused-ring (bicyclic) bond motifs is 2. The van der Waals surface area contributed by atoms with Crippen molar-refractivity contribution in [3.8, 4) is 5.75 Å². The van der Waals surface area contributed by atoms with E-state index >= 15 is 0 Å². The van der Waals surface area contributed by atoms with Gasteiger partial charge in [0.1, 0.15) is 23.7 Å². The van der Waals surface area contributed by atoms with Crippen molar-refractivity contribution in [3.05, 3.63) is 29.6 Å². The highest BCUT2D eigenvalue weighted by Crippen LogP contribution is 2.34. The summed E-state index contributed by atoms with van der Waals surface area (Å²) in [5, 5.41) is 9.18. The minimum absolute atomic E-state index is 0.0573. The summed E-state index contributed by atoms with van der Waals surface area (Å²) in [6.45, 7) is 4.02. The normalized spacial score (nSPS) is 27.1. The van der Waals surface area contributed by atoms with E-state index in [2.05, 4.69) is 20.9 Å². The maximum Gasteiger partial charge on any atom is 0.246 e. The number of carbonyl (C=O) groups is 3. The molecule has 3 fully saturated rings. The van der Waals surface area contributed by atoms with Crippen molar-refractivity contribution in [2.45, 2.75) is 88.5 Å². The van der Waals surface area contributed by atoms with E-state index in [4.69, 9.17) is 4.74 Å². The number of likely N-dealkylation sites (N-methyl/N-ethyl adjacent to an activating group) is 1. The zero-order valence-corrected chi connectivity index (χ0v) is 23.1. The average molecular weight is 544 g/mol. The van der Waals surface area contributed by atoms with E-state index in [-0.39, 0.29) is 41.5 Å². The number of amides is 3. The first-order valence-corrected chi connectivity index (χ1v) is 14.6. The minimum Gasteiger partial charge on any atom is -0.493 e. The lowest BCUT2D eigenvalue weighted by Gasteiger charge is -2.45. The second-order valence-corrected chi connectivity index (χ2v) is 11.6. The first-order valence-electron chi connectivity index (χ1n) is 14.6. The lowest BCUT2D eigenvalue weighted by molar-refractivity contribution is -0.149. The molecule has 5 atom stereocenters. The van der Waals surface area contributed by atoms with Crippen LogP contribution in [0.1, 0.15) is 69.9 Å². The molecule has 5 rings (SSSR count). The summed E-state index contributed by atoms with van der Waals surface area (Å²) in [5.74, 6) is -0.447. The highest BCUT2D eigenvalue weighted by molar-refractivity contribution is 5.93. The smallest absolute Gasteiger partial charge is 0.246 e. The Balaban J connectivity index is 1.39. The van der Waals surface area contributed by atoms with E-state index in [1.165, 1.54) is 12.1 Å². The average Bonchev–Trinajstić information content (AvgIpc) is 3.42. The lowest BCUT2D eigenvalue weighted by atomic mass is 9.82. The number of nitrogens with zero attached hydrogens (tertiary/aromatic N) is 2. The topological polar surface area (TPSA) is 103 Å². The van der Waals surface area contributed by atoms with Crippen LogP contribution >= 0.6 is 0 Å². The summed E-state index contributed by atoms with van der Waals surface area (Å²) < 4.78 is 19.4. The summed E-state index contributed by atoms with van der Waals surface area (Å²) in [7, 11) is 1.73. The van der Waals surface area contributed by atoms with Gasteiger partial charge < -0.3 is 25.6 Å². The number of halogens is 1. The van der Waals surface area contributed by atoms with Crippen LogP contribution in [-0.2, 0) is 14.4 Å². The molecule has 3 heterocycles. The lowest BCUT2D eigenvalue weighted by Crippen LogP contribution is -2.66. The van der Waals surface area contributed by atoms with Gasteiger partial charge in [0.25, 0.3) is 0 Å². The Hall–Kier alpha value is -2.72. The summed E-state index contributed by atoms with van der Waals surface area (Å²) in [4.78, 5) is 45.2. The molecule has 1 aromatic rings. The highest BCUT2D eigenvalue weighted by Gasteiger charge is 2.45. The van der Waals surface area contributed by atoms with Gasteiger partial charge >= 0.3 is 0 Å². The molecule has 0 spiro atoms. The van der Waals surface area contributed by atoms with E-state index < -0.39 is 18.1 Å². The van der Waals surface area contributed by atoms with Crippen molar-refractivity contribution in [1.82, 2.24) is 25.8 Å². The Bertz CT molecular complexity index is 1060. The number of nitrogens with one attached hydrogen (secondary N) is 3. The fraction of sp³-hybridized carbons (Fsp3) is 0.690. The molecule has 4 aliphatic rings. The van der Waals surface area contributed by atoms with Crippen molar-refractivity contribution in [2.75, 3.05) is 33.3 Å². The van der Waals surface area contributed by atoms with Crippen LogP contribution in [0.2, 0.25) is 0 Å². The van der Waals surface area contributed by atoms with Gasteiger partial charge in [-0.2, -0.15) is 0 Å². The van der Waals surface area contributed by atoms with Gasteiger partial charge in [0.15, 0.2) is 0 Å². The van der Waals surface area contributed by atoms with Gasteiger partial charge in [-0.15, -0.1) is 0 Å². The van der Waals surface area contributed by atoms with E-state index in [0.717, 1.165) is 57.1 Å². The molecule has 1 unspecified atom stereocenters. The number of ether oxygens (including phenoxy) is 1. The first-order chi connectivity index (χ1) is 18.9. The van der Waals surface area contributed by atoms with Gasteiger partial charge in [0.2, 0.25) is 17.7 Å². The van der Waals surface area contributed by atoms with Gasteiger partial charge in [-0.1, -0.05) is 25.3 Å². The largest absolute Gasteiger partial charge is 0.493 e. The summed E-state index contributed by atoms with van der Waals surface area (Å²) in [5.41, 5.74) is 0.747. The molecule has 3 aliphatic heterocycles. The van der Waals surface area contributed by atoms with Gasteiger partial charge in [0.05, 0.1) is 18.7 Å². The molecule has 9 nitrogen and oxygen atoms in total. The van der Waals surface area contributed by atoms with Crippen LogP contribution in [0.15, 0.2) is 18.2 Å². The molecule has 0 bridgehead atoms. The Labute approximate surface area is 230 Å². The fourth-order valence-corrected chi connectivity index (χ4v) is 6.70.